The van der Waals surface area contributed by atoms with Crippen LogP contribution in [0, 0.1) is 10.1 Å². The molecule has 0 N–H and O–H groups in total. The van der Waals surface area contributed by atoms with Gasteiger partial charge in [0.1, 0.15) is 19.0 Å². The van der Waals surface area contributed by atoms with Crippen molar-refractivity contribution in [2.45, 2.75) is 13.8 Å². The van der Waals surface area contributed by atoms with E-state index >= 15 is 0 Å². The van der Waals surface area contributed by atoms with E-state index in [9.17, 15) is 19.7 Å². The van der Waals surface area contributed by atoms with Crippen molar-refractivity contribution < 1.29 is 28.7 Å². The molecule has 166 valence electrons. The van der Waals surface area contributed by atoms with Crippen molar-refractivity contribution in [3.63, 3.8) is 0 Å². The molecule has 0 saturated carbocycles. The molecule has 0 fully saturated rings. The van der Waals surface area contributed by atoms with E-state index in [4.69, 9.17) is 37.4 Å². The Labute approximate surface area is 188 Å². The average Bonchev–Trinajstić information content (AvgIpc) is 2.69. The summed E-state index contributed by atoms with van der Waals surface area (Å²) in [5, 5.41) is 11.6. The molecule has 0 aromatic heterocycles. The van der Waals surface area contributed by atoms with Crippen molar-refractivity contribution in [1.29, 1.82) is 0 Å². The Bertz CT molecular complexity index is 931. The average molecular weight is 471 g/mol. The first-order chi connectivity index (χ1) is 14.7. The Morgan fingerprint density at radius 1 is 0.968 bits per heavy atom. The van der Waals surface area contributed by atoms with Gasteiger partial charge in [0.05, 0.1) is 23.7 Å². The van der Waals surface area contributed by atoms with E-state index in [-0.39, 0.29) is 42.8 Å². The number of carbonyl (C=O) groups excluding carboxylic acids is 2. The van der Waals surface area contributed by atoms with E-state index in [1.807, 2.05) is 0 Å². The van der Waals surface area contributed by atoms with Gasteiger partial charge in [0.15, 0.2) is 10.8 Å². The maximum Gasteiger partial charge on any atom is 0.302 e. The largest absolute Gasteiger partial charge is 0.464 e. The lowest BCUT2D eigenvalue weighted by atomic mass is 10.2. The molecular formula is C20H20Cl2N2O7. The lowest BCUT2D eigenvalue weighted by Crippen LogP contribution is -2.32. The van der Waals surface area contributed by atoms with Gasteiger partial charge in [0.2, 0.25) is 0 Å². The standard InChI is InChI=1S/C20H20Cl2N2O7/c1-13(25)29-11-9-23(10-12-30-14(2)26)18-8-7-17(24(27)28)19(22)20(18)31-16-5-3-15(21)4-6-16/h3-8H,9-12H2,1-2H3. The number of benzene rings is 2. The minimum absolute atomic E-state index is 0.0313. The van der Waals surface area contributed by atoms with Gasteiger partial charge in [-0.1, -0.05) is 23.2 Å². The second kappa shape index (κ2) is 11.4. The fourth-order valence-corrected chi connectivity index (χ4v) is 2.99. The fraction of sp³-hybridized carbons (Fsp3) is 0.300. The van der Waals surface area contributed by atoms with Crippen molar-refractivity contribution in [3.8, 4) is 11.5 Å². The zero-order valence-electron chi connectivity index (χ0n) is 16.8. The molecule has 31 heavy (non-hydrogen) atoms. The quantitative estimate of drug-likeness (QED) is 0.281. The molecule has 0 spiro atoms. The highest BCUT2D eigenvalue weighted by Gasteiger charge is 2.24. The Morgan fingerprint density at radius 2 is 1.52 bits per heavy atom. The first-order valence-electron chi connectivity index (χ1n) is 9.11. The molecule has 2 aromatic rings. The highest BCUT2D eigenvalue weighted by Crippen LogP contribution is 2.44. The van der Waals surface area contributed by atoms with Crippen LogP contribution in [0.1, 0.15) is 13.8 Å². The highest BCUT2D eigenvalue weighted by atomic mass is 35.5. The molecule has 2 rings (SSSR count). The van der Waals surface area contributed by atoms with Crippen molar-refractivity contribution in [2.24, 2.45) is 0 Å². The van der Waals surface area contributed by atoms with Crippen LogP contribution in [-0.4, -0.2) is 43.2 Å². The number of hydrogen-bond acceptors (Lipinski definition) is 8. The molecule has 0 aliphatic rings. The maximum atomic E-state index is 11.4. The number of ether oxygens (including phenoxy) is 3. The molecule has 0 aliphatic heterocycles. The number of nitrogens with zero attached hydrogens (tertiary/aromatic N) is 2. The van der Waals surface area contributed by atoms with Crippen LogP contribution in [0.15, 0.2) is 36.4 Å². The molecule has 11 heteroatoms. The summed E-state index contributed by atoms with van der Waals surface area (Å²) in [4.78, 5) is 34.7. The van der Waals surface area contributed by atoms with E-state index in [0.29, 0.717) is 16.5 Å². The summed E-state index contributed by atoms with van der Waals surface area (Å²) in [5.41, 5.74) is 0.0548. The smallest absolute Gasteiger partial charge is 0.302 e. The minimum atomic E-state index is -0.622. The Balaban J connectivity index is 2.44. The van der Waals surface area contributed by atoms with E-state index < -0.39 is 16.9 Å². The number of carbonyl (C=O) groups is 2. The van der Waals surface area contributed by atoms with Gasteiger partial charge < -0.3 is 19.1 Å². The highest BCUT2D eigenvalue weighted by molar-refractivity contribution is 6.34. The number of hydrogen-bond donors (Lipinski definition) is 0. The van der Waals surface area contributed by atoms with Crippen LogP contribution in [0.3, 0.4) is 0 Å². The van der Waals surface area contributed by atoms with Crippen LogP contribution in [-0.2, 0) is 19.1 Å². The topological polar surface area (TPSA) is 108 Å². The lowest BCUT2D eigenvalue weighted by Gasteiger charge is -2.27. The maximum absolute atomic E-state index is 11.4. The van der Waals surface area contributed by atoms with Crippen LogP contribution in [0.4, 0.5) is 11.4 Å². The minimum Gasteiger partial charge on any atom is -0.464 e. The number of anilines is 1. The van der Waals surface area contributed by atoms with Crippen molar-refractivity contribution in [1.82, 2.24) is 0 Å². The third-order valence-corrected chi connectivity index (χ3v) is 4.58. The van der Waals surface area contributed by atoms with E-state index in [0.717, 1.165) is 0 Å². The molecule has 0 atom stereocenters. The summed E-state index contributed by atoms with van der Waals surface area (Å²) < 4.78 is 15.9. The zero-order chi connectivity index (χ0) is 23.0. The summed E-state index contributed by atoms with van der Waals surface area (Å²) in [6.45, 7) is 3.02. The van der Waals surface area contributed by atoms with Crippen LogP contribution in [0.25, 0.3) is 0 Å². The summed E-state index contributed by atoms with van der Waals surface area (Å²) in [5.74, 6) is -0.532. The number of esters is 2. The van der Waals surface area contributed by atoms with Crippen LogP contribution < -0.4 is 9.64 Å². The number of nitro groups is 1. The van der Waals surface area contributed by atoms with Crippen LogP contribution >= 0.6 is 23.2 Å². The second-order valence-corrected chi connectivity index (χ2v) is 7.04. The first-order valence-corrected chi connectivity index (χ1v) is 9.86. The van der Waals surface area contributed by atoms with Gasteiger partial charge in [-0.3, -0.25) is 19.7 Å². The van der Waals surface area contributed by atoms with Gasteiger partial charge in [0.25, 0.3) is 5.69 Å². The molecule has 9 nitrogen and oxygen atoms in total. The van der Waals surface area contributed by atoms with Gasteiger partial charge in [-0.2, -0.15) is 0 Å². The third kappa shape index (κ3) is 7.30. The summed E-state index contributed by atoms with van der Waals surface area (Å²) >= 11 is 12.2. The van der Waals surface area contributed by atoms with Gasteiger partial charge in [-0.15, -0.1) is 0 Å². The van der Waals surface area contributed by atoms with Gasteiger partial charge in [0, 0.05) is 24.9 Å². The normalized spacial score (nSPS) is 10.3. The third-order valence-electron chi connectivity index (χ3n) is 3.96. The van der Waals surface area contributed by atoms with Gasteiger partial charge >= 0.3 is 11.9 Å². The van der Waals surface area contributed by atoms with E-state index in [1.54, 1.807) is 29.2 Å². The van der Waals surface area contributed by atoms with Crippen LogP contribution in [0.5, 0.6) is 11.5 Å². The number of nitro benzene ring substituents is 1. The Morgan fingerprint density at radius 3 is 2.00 bits per heavy atom. The SMILES string of the molecule is CC(=O)OCCN(CCOC(C)=O)c1ccc([N+](=O)[O-])c(Cl)c1Oc1ccc(Cl)cc1. The summed E-state index contributed by atoms with van der Waals surface area (Å²) in [6, 6.07) is 9.09. The molecule has 0 heterocycles. The molecule has 0 aliphatic carbocycles. The number of halogens is 2. The lowest BCUT2D eigenvalue weighted by molar-refractivity contribution is -0.384. The monoisotopic (exact) mass is 470 g/mol. The second-order valence-electron chi connectivity index (χ2n) is 6.23. The molecule has 0 amide bonds. The predicted molar refractivity (Wildman–Crippen MR) is 115 cm³/mol. The first kappa shape index (κ1) is 24.2. The molecule has 0 saturated heterocycles. The number of rotatable bonds is 10. The van der Waals surface area contributed by atoms with Crippen LogP contribution in [0.2, 0.25) is 10.0 Å². The molecule has 2 aromatic carbocycles. The molecular weight excluding hydrogens is 451 g/mol. The summed E-state index contributed by atoms with van der Waals surface area (Å²) in [6.07, 6.45) is 0. The van der Waals surface area contributed by atoms with Crippen molar-refractivity contribution >= 4 is 46.5 Å². The molecule has 0 radical (unpaired) electrons. The zero-order valence-corrected chi connectivity index (χ0v) is 18.3. The molecule has 0 unspecified atom stereocenters. The fourth-order valence-electron chi connectivity index (χ4n) is 2.59. The molecule has 0 bridgehead atoms. The van der Waals surface area contributed by atoms with E-state index in [1.165, 1.54) is 26.0 Å². The Kier molecular flexibility index (Phi) is 8.89. The van der Waals surface area contributed by atoms with Crippen molar-refractivity contribution in [3.05, 3.63) is 56.6 Å². The summed E-state index contributed by atoms with van der Waals surface area (Å²) in [7, 11) is 0. The van der Waals surface area contributed by atoms with Gasteiger partial charge in [-0.25, -0.2) is 0 Å². The Hall–Kier alpha value is -3.04. The van der Waals surface area contributed by atoms with E-state index in [2.05, 4.69) is 0 Å². The predicted octanol–water partition coefficient (Wildman–Crippen LogP) is 4.63. The van der Waals surface area contributed by atoms with Crippen molar-refractivity contribution in [2.75, 3.05) is 31.2 Å². The van der Waals surface area contributed by atoms with Gasteiger partial charge in [-0.05, 0) is 30.3 Å².